The SMILES string of the molecule is CCSCC1(c2ccccc2CN)CCC1. The molecule has 2 rings (SSSR count). The van der Waals surface area contributed by atoms with Gasteiger partial charge in [0.15, 0.2) is 0 Å². The van der Waals surface area contributed by atoms with Crippen molar-refractivity contribution in [2.75, 3.05) is 11.5 Å². The Morgan fingerprint density at radius 3 is 2.62 bits per heavy atom. The minimum absolute atomic E-state index is 0.441. The highest BCUT2D eigenvalue weighted by molar-refractivity contribution is 7.99. The van der Waals surface area contributed by atoms with Crippen LogP contribution in [0.4, 0.5) is 0 Å². The van der Waals surface area contributed by atoms with Crippen molar-refractivity contribution in [1.29, 1.82) is 0 Å². The van der Waals surface area contributed by atoms with Crippen LogP contribution in [0.1, 0.15) is 37.3 Å². The van der Waals surface area contributed by atoms with Crippen LogP contribution >= 0.6 is 11.8 Å². The lowest BCUT2D eigenvalue weighted by Gasteiger charge is -2.43. The summed E-state index contributed by atoms with van der Waals surface area (Å²) in [6.45, 7) is 2.92. The fourth-order valence-corrected chi connectivity index (χ4v) is 3.65. The zero-order valence-corrected chi connectivity index (χ0v) is 10.9. The van der Waals surface area contributed by atoms with E-state index in [0.29, 0.717) is 12.0 Å². The summed E-state index contributed by atoms with van der Waals surface area (Å²) in [6, 6.07) is 8.74. The summed E-state index contributed by atoms with van der Waals surface area (Å²) in [5, 5.41) is 0. The predicted octanol–water partition coefficient (Wildman–Crippen LogP) is 3.32. The lowest BCUT2D eigenvalue weighted by molar-refractivity contribution is 0.277. The van der Waals surface area contributed by atoms with Gasteiger partial charge in [-0.2, -0.15) is 11.8 Å². The van der Waals surface area contributed by atoms with E-state index >= 15 is 0 Å². The Morgan fingerprint density at radius 1 is 1.31 bits per heavy atom. The maximum absolute atomic E-state index is 5.85. The first-order chi connectivity index (χ1) is 7.82. The summed E-state index contributed by atoms with van der Waals surface area (Å²) in [5.41, 5.74) is 9.15. The number of hydrogen-bond donors (Lipinski definition) is 1. The smallest absolute Gasteiger partial charge is 0.0181 e. The second-order valence-corrected chi connectivity index (χ2v) is 5.91. The number of nitrogens with two attached hydrogens (primary N) is 1. The summed E-state index contributed by atoms with van der Waals surface area (Å²) < 4.78 is 0. The van der Waals surface area contributed by atoms with Gasteiger partial charge < -0.3 is 5.73 Å². The van der Waals surface area contributed by atoms with Gasteiger partial charge in [-0.1, -0.05) is 37.6 Å². The summed E-state index contributed by atoms with van der Waals surface area (Å²) in [5.74, 6) is 2.48. The van der Waals surface area contributed by atoms with Crippen LogP contribution in [0.3, 0.4) is 0 Å². The molecule has 0 aromatic heterocycles. The van der Waals surface area contributed by atoms with Crippen LogP contribution in [0.5, 0.6) is 0 Å². The minimum atomic E-state index is 0.441. The Morgan fingerprint density at radius 2 is 2.06 bits per heavy atom. The van der Waals surface area contributed by atoms with Crippen LogP contribution in [-0.2, 0) is 12.0 Å². The highest BCUT2D eigenvalue weighted by Gasteiger charge is 2.39. The number of thioether (sulfide) groups is 1. The lowest BCUT2D eigenvalue weighted by atomic mass is 9.64. The van der Waals surface area contributed by atoms with Crippen molar-refractivity contribution >= 4 is 11.8 Å². The molecule has 0 spiro atoms. The number of benzene rings is 1. The number of rotatable bonds is 5. The standard InChI is InChI=1S/C14H21NS/c1-2-16-11-14(8-5-9-14)13-7-4-3-6-12(13)10-15/h3-4,6-7H,2,5,8-11,15H2,1H3. The average molecular weight is 235 g/mol. The van der Waals surface area contributed by atoms with Crippen molar-refractivity contribution in [1.82, 2.24) is 0 Å². The number of hydrogen-bond acceptors (Lipinski definition) is 2. The van der Waals surface area contributed by atoms with Gasteiger partial charge in [0, 0.05) is 17.7 Å². The molecule has 0 radical (unpaired) electrons. The van der Waals surface area contributed by atoms with Crippen LogP contribution < -0.4 is 5.73 Å². The molecule has 88 valence electrons. The van der Waals surface area contributed by atoms with Gasteiger partial charge in [0.2, 0.25) is 0 Å². The van der Waals surface area contributed by atoms with Crippen molar-refractivity contribution in [2.45, 2.75) is 38.1 Å². The maximum Gasteiger partial charge on any atom is 0.0181 e. The van der Waals surface area contributed by atoms with Crippen molar-refractivity contribution in [2.24, 2.45) is 5.73 Å². The molecule has 1 aromatic rings. The van der Waals surface area contributed by atoms with E-state index in [1.165, 1.54) is 41.9 Å². The fraction of sp³-hybridized carbons (Fsp3) is 0.571. The third-order valence-electron chi connectivity index (χ3n) is 3.70. The van der Waals surface area contributed by atoms with E-state index in [-0.39, 0.29) is 0 Å². The molecule has 0 saturated heterocycles. The van der Waals surface area contributed by atoms with Crippen LogP contribution in [-0.4, -0.2) is 11.5 Å². The zero-order valence-electron chi connectivity index (χ0n) is 10.0. The van der Waals surface area contributed by atoms with Crippen molar-refractivity contribution in [3.05, 3.63) is 35.4 Å². The second-order valence-electron chi connectivity index (χ2n) is 4.63. The molecule has 1 aromatic carbocycles. The van der Waals surface area contributed by atoms with Gasteiger partial charge in [0.25, 0.3) is 0 Å². The third-order valence-corrected chi connectivity index (χ3v) is 4.87. The Labute approximate surface area is 103 Å². The first-order valence-corrected chi connectivity index (χ1v) is 7.34. The predicted molar refractivity (Wildman–Crippen MR) is 72.9 cm³/mol. The summed E-state index contributed by atoms with van der Waals surface area (Å²) in [7, 11) is 0. The summed E-state index contributed by atoms with van der Waals surface area (Å²) in [6.07, 6.45) is 4.07. The summed E-state index contributed by atoms with van der Waals surface area (Å²) >= 11 is 2.06. The van der Waals surface area contributed by atoms with Crippen molar-refractivity contribution in [3.63, 3.8) is 0 Å². The van der Waals surface area contributed by atoms with Gasteiger partial charge in [-0.15, -0.1) is 0 Å². The molecule has 1 aliphatic rings. The largest absolute Gasteiger partial charge is 0.326 e. The Hall–Kier alpha value is -0.470. The normalized spacial score (nSPS) is 18.1. The molecule has 0 aliphatic heterocycles. The van der Waals surface area contributed by atoms with E-state index in [9.17, 15) is 0 Å². The Bertz CT molecular complexity index is 344. The molecular weight excluding hydrogens is 214 g/mol. The molecule has 0 atom stereocenters. The van der Waals surface area contributed by atoms with Crippen LogP contribution in [0.15, 0.2) is 24.3 Å². The third kappa shape index (κ3) is 2.14. The fourth-order valence-electron chi connectivity index (χ4n) is 2.61. The maximum atomic E-state index is 5.85. The van der Waals surface area contributed by atoms with E-state index in [0.717, 1.165) is 0 Å². The summed E-state index contributed by atoms with van der Waals surface area (Å²) in [4.78, 5) is 0. The van der Waals surface area contributed by atoms with Crippen molar-refractivity contribution < 1.29 is 0 Å². The Kier molecular flexibility index (Phi) is 3.93. The second kappa shape index (κ2) is 5.24. The monoisotopic (exact) mass is 235 g/mol. The first-order valence-electron chi connectivity index (χ1n) is 6.18. The van der Waals surface area contributed by atoms with Gasteiger partial charge in [-0.05, 0) is 29.7 Å². The minimum Gasteiger partial charge on any atom is -0.326 e. The zero-order chi connectivity index (χ0) is 11.4. The average Bonchev–Trinajstić information content (AvgIpc) is 2.28. The van der Waals surface area contributed by atoms with Gasteiger partial charge in [0.05, 0.1) is 0 Å². The Balaban J connectivity index is 2.25. The molecule has 1 saturated carbocycles. The van der Waals surface area contributed by atoms with Crippen LogP contribution in [0, 0.1) is 0 Å². The molecule has 2 N–H and O–H groups in total. The molecule has 2 heteroatoms. The molecule has 1 fully saturated rings. The van der Waals surface area contributed by atoms with Gasteiger partial charge in [-0.3, -0.25) is 0 Å². The molecule has 0 heterocycles. The molecule has 1 nitrogen and oxygen atoms in total. The van der Waals surface area contributed by atoms with Gasteiger partial charge >= 0.3 is 0 Å². The molecule has 16 heavy (non-hydrogen) atoms. The van der Waals surface area contributed by atoms with Crippen LogP contribution in [0.25, 0.3) is 0 Å². The first kappa shape index (κ1) is 12.0. The van der Waals surface area contributed by atoms with Crippen LogP contribution in [0.2, 0.25) is 0 Å². The molecule has 0 unspecified atom stereocenters. The van der Waals surface area contributed by atoms with E-state index in [1.54, 1.807) is 0 Å². The van der Waals surface area contributed by atoms with Gasteiger partial charge in [-0.25, -0.2) is 0 Å². The highest BCUT2D eigenvalue weighted by Crippen LogP contribution is 2.47. The molecular formula is C14H21NS. The molecule has 1 aliphatic carbocycles. The van der Waals surface area contributed by atoms with E-state index in [2.05, 4.69) is 43.0 Å². The topological polar surface area (TPSA) is 26.0 Å². The lowest BCUT2D eigenvalue weighted by Crippen LogP contribution is -2.38. The highest BCUT2D eigenvalue weighted by atomic mass is 32.2. The van der Waals surface area contributed by atoms with Gasteiger partial charge in [0.1, 0.15) is 0 Å². The van der Waals surface area contributed by atoms with E-state index in [1.807, 2.05) is 0 Å². The van der Waals surface area contributed by atoms with E-state index < -0.39 is 0 Å². The molecule has 0 amide bonds. The molecule has 0 bridgehead atoms. The quantitative estimate of drug-likeness (QED) is 0.847. The van der Waals surface area contributed by atoms with Crippen molar-refractivity contribution in [3.8, 4) is 0 Å². The van der Waals surface area contributed by atoms with E-state index in [4.69, 9.17) is 5.73 Å².